The molecule has 4 aromatic rings. The summed E-state index contributed by atoms with van der Waals surface area (Å²) in [6.07, 6.45) is 1.94. The summed E-state index contributed by atoms with van der Waals surface area (Å²) in [6.45, 7) is 4.97. The summed E-state index contributed by atoms with van der Waals surface area (Å²) in [5.41, 5.74) is 5.75. The third-order valence-corrected chi connectivity index (χ3v) is 6.19. The van der Waals surface area contributed by atoms with Crippen LogP contribution >= 0.6 is 0 Å². The zero-order valence-corrected chi connectivity index (χ0v) is 17.5. The van der Waals surface area contributed by atoms with Crippen LogP contribution in [0.15, 0.2) is 91.0 Å². The van der Waals surface area contributed by atoms with Gasteiger partial charge >= 0.3 is 0 Å². The lowest BCUT2D eigenvalue weighted by Gasteiger charge is -2.36. The molecular formula is C28H25N2O. The molecule has 0 saturated carbocycles. The fourth-order valence-corrected chi connectivity index (χ4v) is 4.44. The van der Waals surface area contributed by atoms with E-state index in [1.807, 2.05) is 30.6 Å². The first-order valence-corrected chi connectivity index (χ1v) is 10.8. The highest BCUT2D eigenvalue weighted by Gasteiger charge is 2.18. The van der Waals surface area contributed by atoms with Crippen LogP contribution in [-0.2, 0) is 11.3 Å². The Hall–Kier alpha value is -3.43. The molecule has 31 heavy (non-hydrogen) atoms. The van der Waals surface area contributed by atoms with Gasteiger partial charge in [0.15, 0.2) is 0 Å². The lowest BCUT2D eigenvalue weighted by atomic mass is 9.96. The monoisotopic (exact) mass is 405 g/mol. The highest BCUT2D eigenvalue weighted by atomic mass is 16.1. The lowest BCUT2D eigenvalue weighted by Crippen LogP contribution is -2.46. The third kappa shape index (κ3) is 4.23. The van der Waals surface area contributed by atoms with Crippen LogP contribution in [0.2, 0.25) is 0 Å². The van der Waals surface area contributed by atoms with Gasteiger partial charge in [-0.15, -0.1) is 0 Å². The van der Waals surface area contributed by atoms with Crippen molar-refractivity contribution in [2.75, 3.05) is 31.1 Å². The molecule has 1 fully saturated rings. The van der Waals surface area contributed by atoms with Gasteiger partial charge in [-0.3, -0.25) is 9.69 Å². The van der Waals surface area contributed by atoms with E-state index in [1.165, 1.54) is 33.2 Å². The van der Waals surface area contributed by atoms with E-state index in [9.17, 15) is 4.79 Å². The third-order valence-electron chi connectivity index (χ3n) is 6.19. The van der Waals surface area contributed by atoms with Crippen molar-refractivity contribution in [3.05, 3.63) is 102 Å². The van der Waals surface area contributed by atoms with Gasteiger partial charge < -0.3 is 4.90 Å². The number of hydrogen-bond acceptors (Lipinski definition) is 3. The zero-order valence-electron chi connectivity index (χ0n) is 17.5. The van der Waals surface area contributed by atoms with Crippen molar-refractivity contribution in [1.82, 2.24) is 4.90 Å². The minimum Gasteiger partial charge on any atom is -0.369 e. The average molecular weight is 406 g/mol. The molecule has 153 valence electrons. The van der Waals surface area contributed by atoms with Gasteiger partial charge in [0.2, 0.25) is 6.29 Å². The largest absolute Gasteiger partial charge is 0.369 e. The maximum Gasteiger partial charge on any atom is 0.233 e. The van der Waals surface area contributed by atoms with Crippen molar-refractivity contribution < 1.29 is 4.79 Å². The van der Waals surface area contributed by atoms with E-state index < -0.39 is 0 Å². The number of rotatable bonds is 5. The molecule has 1 aliphatic rings. The molecule has 3 heteroatoms. The van der Waals surface area contributed by atoms with E-state index in [2.05, 4.69) is 76.5 Å². The predicted molar refractivity (Wildman–Crippen MR) is 128 cm³/mol. The Morgan fingerprint density at radius 2 is 1.42 bits per heavy atom. The summed E-state index contributed by atoms with van der Waals surface area (Å²) >= 11 is 0. The summed E-state index contributed by atoms with van der Waals surface area (Å²) in [5, 5.41) is 2.56. The second-order valence-corrected chi connectivity index (χ2v) is 8.13. The molecule has 1 saturated heterocycles. The van der Waals surface area contributed by atoms with E-state index in [-0.39, 0.29) is 0 Å². The van der Waals surface area contributed by atoms with Crippen LogP contribution in [0.4, 0.5) is 5.69 Å². The number of nitrogens with zero attached hydrogens (tertiary/aromatic N) is 2. The molecule has 5 rings (SSSR count). The molecule has 0 amide bonds. The van der Waals surface area contributed by atoms with Gasteiger partial charge in [0.25, 0.3) is 0 Å². The fourth-order valence-electron chi connectivity index (χ4n) is 4.44. The Labute approximate surface area is 183 Å². The maximum atomic E-state index is 10.8. The van der Waals surface area contributed by atoms with Crippen molar-refractivity contribution in [3.63, 3.8) is 0 Å². The minimum absolute atomic E-state index is 0.604. The summed E-state index contributed by atoms with van der Waals surface area (Å²) in [7, 11) is 0. The van der Waals surface area contributed by atoms with Crippen LogP contribution in [0.3, 0.4) is 0 Å². The highest BCUT2D eigenvalue weighted by molar-refractivity contribution is 5.87. The second-order valence-electron chi connectivity index (χ2n) is 8.13. The topological polar surface area (TPSA) is 23.6 Å². The van der Waals surface area contributed by atoms with Crippen molar-refractivity contribution >= 4 is 22.7 Å². The summed E-state index contributed by atoms with van der Waals surface area (Å²) in [6, 6.07) is 31.8. The Morgan fingerprint density at radius 3 is 2.19 bits per heavy atom. The quantitative estimate of drug-likeness (QED) is 0.451. The predicted octanol–water partition coefficient (Wildman–Crippen LogP) is 5.29. The highest BCUT2D eigenvalue weighted by Crippen LogP contribution is 2.28. The number of piperazine rings is 1. The normalized spacial score (nSPS) is 14.6. The first-order valence-electron chi connectivity index (χ1n) is 10.8. The van der Waals surface area contributed by atoms with Crippen LogP contribution < -0.4 is 4.90 Å². The zero-order chi connectivity index (χ0) is 21.0. The Morgan fingerprint density at radius 1 is 0.710 bits per heavy atom. The van der Waals surface area contributed by atoms with Gasteiger partial charge in [-0.05, 0) is 57.8 Å². The number of carbonyl (C=O) groups excluding carboxylic acids is 1. The molecule has 0 aliphatic carbocycles. The SMILES string of the molecule is O=[C]c1ccc(N2CCN(Cc3ccccc3-c3ccc4ccccc4c3)CC2)cc1. The van der Waals surface area contributed by atoms with Gasteiger partial charge in [-0.1, -0.05) is 60.7 Å². The summed E-state index contributed by atoms with van der Waals surface area (Å²) < 4.78 is 0. The summed E-state index contributed by atoms with van der Waals surface area (Å²) in [5.74, 6) is 0. The van der Waals surface area contributed by atoms with Crippen molar-refractivity contribution in [1.29, 1.82) is 0 Å². The smallest absolute Gasteiger partial charge is 0.233 e. The molecule has 4 aromatic carbocycles. The van der Waals surface area contributed by atoms with Gasteiger partial charge in [0.1, 0.15) is 0 Å². The number of anilines is 1. The van der Waals surface area contributed by atoms with E-state index in [0.29, 0.717) is 5.56 Å². The number of hydrogen-bond donors (Lipinski definition) is 0. The molecule has 0 N–H and O–H groups in total. The van der Waals surface area contributed by atoms with Crippen LogP contribution in [0, 0.1) is 0 Å². The molecule has 1 heterocycles. The van der Waals surface area contributed by atoms with Crippen molar-refractivity contribution in [2.24, 2.45) is 0 Å². The molecule has 1 aliphatic heterocycles. The van der Waals surface area contributed by atoms with Crippen LogP contribution in [-0.4, -0.2) is 37.4 Å². The molecule has 0 spiro atoms. The van der Waals surface area contributed by atoms with Crippen LogP contribution in [0.25, 0.3) is 21.9 Å². The molecule has 1 radical (unpaired) electrons. The van der Waals surface area contributed by atoms with Crippen molar-refractivity contribution in [2.45, 2.75) is 6.54 Å². The van der Waals surface area contributed by atoms with E-state index in [1.54, 1.807) is 0 Å². The number of benzene rings is 4. The first-order chi connectivity index (χ1) is 15.3. The molecule has 0 atom stereocenters. The van der Waals surface area contributed by atoms with Gasteiger partial charge in [-0.2, -0.15) is 0 Å². The lowest BCUT2D eigenvalue weighted by molar-refractivity contribution is 0.250. The molecule has 0 aromatic heterocycles. The second kappa shape index (κ2) is 8.75. The molecular weight excluding hydrogens is 380 g/mol. The van der Waals surface area contributed by atoms with Gasteiger partial charge in [-0.25, -0.2) is 0 Å². The van der Waals surface area contributed by atoms with Crippen molar-refractivity contribution in [3.8, 4) is 11.1 Å². The van der Waals surface area contributed by atoms with E-state index >= 15 is 0 Å². The van der Waals surface area contributed by atoms with Gasteiger partial charge in [0, 0.05) is 44.0 Å². The van der Waals surface area contributed by atoms with Gasteiger partial charge in [0.05, 0.1) is 0 Å². The van der Waals surface area contributed by atoms with E-state index in [4.69, 9.17) is 0 Å². The number of fused-ring (bicyclic) bond motifs is 1. The Kier molecular flexibility index (Phi) is 5.51. The minimum atomic E-state index is 0.604. The van der Waals surface area contributed by atoms with Crippen LogP contribution in [0.5, 0.6) is 0 Å². The first kappa shape index (κ1) is 19.5. The summed E-state index contributed by atoms with van der Waals surface area (Å²) in [4.78, 5) is 15.7. The van der Waals surface area contributed by atoms with Crippen LogP contribution in [0.1, 0.15) is 11.1 Å². The average Bonchev–Trinajstić information content (AvgIpc) is 2.85. The molecule has 3 nitrogen and oxygen atoms in total. The Bertz CT molecular complexity index is 1190. The molecule has 0 unspecified atom stereocenters. The molecule has 0 bridgehead atoms. The maximum absolute atomic E-state index is 10.8. The fraction of sp³-hybridized carbons (Fsp3) is 0.179. The van der Waals surface area contributed by atoms with E-state index in [0.717, 1.165) is 32.7 Å². The standard InChI is InChI=1S/C28H25N2O/c31-21-22-9-13-27(14-10-22)30-17-15-29(16-18-30)20-26-7-3-4-8-28(26)25-12-11-23-5-1-2-6-24(23)19-25/h1-14,19H,15-18,20H2. The Balaban J connectivity index is 1.30.